The second-order valence-electron chi connectivity index (χ2n) is 5.55. The van der Waals surface area contributed by atoms with Crippen molar-refractivity contribution in [2.24, 2.45) is 5.92 Å². The predicted molar refractivity (Wildman–Crippen MR) is 78.0 cm³/mol. The molecule has 3 rings (SSSR count). The van der Waals surface area contributed by atoms with Crippen molar-refractivity contribution in [1.29, 1.82) is 0 Å². The Labute approximate surface area is 109 Å². The van der Waals surface area contributed by atoms with Crippen LogP contribution in [0.1, 0.15) is 39.0 Å². The summed E-state index contributed by atoms with van der Waals surface area (Å²) in [6.07, 6.45) is 8.78. The molecule has 0 atom stereocenters. The highest BCUT2D eigenvalue weighted by molar-refractivity contribution is 5.83. The number of rotatable bonds is 3. The van der Waals surface area contributed by atoms with Crippen LogP contribution in [0.3, 0.4) is 0 Å². The van der Waals surface area contributed by atoms with Gasteiger partial charge in [-0.1, -0.05) is 13.3 Å². The minimum absolute atomic E-state index is 0.671. The zero-order valence-corrected chi connectivity index (χ0v) is 11.1. The lowest BCUT2D eigenvalue weighted by molar-refractivity contribution is 0.330. The lowest BCUT2D eigenvalue weighted by atomic mass is 9.84. The van der Waals surface area contributed by atoms with E-state index in [4.69, 9.17) is 0 Å². The second kappa shape index (κ2) is 5.05. The van der Waals surface area contributed by atoms with Gasteiger partial charge in [0.2, 0.25) is 0 Å². The topological polar surface area (TPSA) is 27.8 Å². The monoisotopic (exact) mass is 242 g/mol. The third-order valence-corrected chi connectivity index (χ3v) is 4.35. The molecule has 1 heterocycles. The summed E-state index contributed by atoms with van der Waals surface area (Å²) in [5.41, 5.74) is 2.48. The van der Waals surface area contributed by atoms with E-state index in [1.807, 2.05) is 6.20 Å². The number of hydrogen-bond acceptors (Lipinski definition) is 1. The van der Waals surface area contributed by atoms with Crippen LogP contribution in [0.15, 0.2) is 30.5 Å². The Morgan fingerprint density at radius 1 is 1.17 bits per heavy atom. The molecule has 1 aliphatic carbocycles. The van der Waals surface area contributed by atoms with Crippen molar-refractivity contribution in [3.05, 3.63) is 30.5 Å². The Balaban J connectivity index is 1.65. The summed E-state index contributed by atoms with van der Waals surface area (Å²) >= 11 is 0. The second-order valence-corrected chi connectivity index (χ2v) is 5.55. The summed E-state index contributed by atoms with van der Waals surface area (Å²) in [5.74, 6) is 0.968. The highest BCUT2D eigenvalue weighted by Crippen LogP contribution is 2.29. The molecule has 2 aromatic rings. The van der Waals surface area contributed by atoms with Gasteiger partial charge in [0.15, 0.2) is 0 Å². The number of anilines is 1. The number of aromatic nitrogens is 1. The summed E-state index contributed by atoms with van der Waals surface area (Å²) < 4.78 is 0. The summed E-state index contributed by atoms with van der Waals surface area (Å²) in [4.78, 5) is 3.24. The highest BCUT2D eigenvalue weighted by Gasteiger charge is 2.19. The maximum atomic E-state index is 3.69. The molecule has 18 heavy (non-hydrogen) atoms. The Bertz CT molecular complexity index is 507. The smallest absolute Gasteiger partial charge is 0.0455 e. The molecular weight excluding hydrogens is 220 g/mol. The van der Waals surface area contributed by atoms with Crippen LogP contribution in [-0.2, 0) is 0 Å². The first-order valence-electron chi connectivity index (χ1n) is 7.19. The molecule has 2 heteroatoms. The van der Waals surface area contributed by atoms with Crippen molar-refractivity contribution in [2.75, 3.05) is 5.32 Å². The molecule has 1 aliphatic rings. The average Bonchev–Trinajstić information content (AvgIpc) is 2.87. The van der Waals surface area contributed by atoms with Crippen molar-refractivity contribution in [1.82, 2.24) is 4.98 Å². The number of benzene rings is 1. The maximum absolute atomic E-state index is 3.69. The Hall–Kier alpha value is -1.44. The van der Waals surface area contributed by atoms with E-state index in [0.29, 0.717) is 6.04 Å². The molecule has 0 radical (unpaired) electrons. The van der Waals surface area contributed by atoms with E-state index in [1.165, 1.54) is 48.7 Å². The number of fused-ring (bicyclic) bond motifs is 1. The van der Waals surface area contributed by atoms with Gasteiger partial charge >= 0.3 is 0 Å². The summed E-state index contributed by atoms with van der Waals surface area (Å²) in [5, 5.41) is 4.99. The third-order valence-electron chi connectivity index (χ3n) is 4.35. The number of hydrogen-bond donors (Lipinski definition) is 2. The molecule has 0 amide bonds. The fourth-order valence-corrected chi connectivity index (χ4v) is 3.09. The quantitative estimate of drug-likeness (QED) is 0.812. The van der Waals surface area contributed by atoms with Gasteiger partial charge in [0.1, 0.15) is 0 Å². The molecule has 0 aliphatic heterocycles. The SMILES string of the molecule is CCC1CCC(Nc2ccc3[nH]ccc3c2)CC1. The molecule has 1 aromatic heterocycles. The molecule has 0 unspecified atom stereocenters. The molecule has 2 N–H and O–H groups in total. The number of nitrogens with one attached hydrogen (secondary N) is 2. The molecule has 96 valence electrons. The molecule has 2 nitrogen and oxygen atoms in total. The van der Waals surface area contributed by atoms with Crippen LogP contribution in [0.2, 0.25) is 0 Å². The zero-order valence-electron chi connectivity index (χ0n) is 11.1. The van der Waals surface area contributed by atoms with Crippen LogP contribution in [0.5, 0.6) is 0 Å². The van der Waals surface area contributed by atoms with Gasteiger partial charge in [-0.05, 0) is 55.9 Å². The minimum atomic E-state index is 0.671. The van der Waals surface area contributed by atoms with E-state index in [1.54, 1.807) is 0 Å². The van der Waals surface area contributed by atoms with Crippen LogP contribution < -0.4 is 5.32 Å². The normalized spacial score (nSPS) is 24.3. The lowest BCUT2D eigenvalue weighted by Crippen LogP contribution is -2.25. The van der Waals surface area contributed by atoms with Gasteiger partial charge in [0, 0.05) is 28.8 Å². The van der Waals surface area contributed by atoms with Crippen LogP contribution >= 0.6 is 0 Å². The van der Waals surface area contributed by atoms with Gasteiger partial charge in [-0.3, -0.25) is 0 Å². The maximum Gasteiger partial charge on any atom is 0.0455 e. The average molecular weight is 242 g/mol. The molecule has 0 saturated heterocycles. The molecular formula is C16H22N2. The molecule has 1 aromatic carbocycles. The molecule has 1 saturated carbocycles. The van der Waals surface area contributed by atoms with E-state index in [9.17, 15) is 0 Å². The third kappa shape index (κ3) is 2.38. The number of aromatic amines is 1. The van der Waals surface area contributed by atoms with Crippen molar-refractivity contribution >= 4 is 16.6 Å². The Morgan fingerprint density at radius 3 is 2.78 bits per heavy atom. The first-order valence-corrected chi connectivity index (χ1v) is 7.19. The van der Waals surface area contributed by atoms with Crippen LogP contribution in [0, 0.1) is 5.92 Å². The van der Waals surface area contributed by atoms with Gasteiger partial charge in [-0.15, -0.1) is 0 Å². The fourth-order valence-electron chi connectivity index (χ4n) is 3.09. The van der Waals surface area contributed by atoms with E-state index in [-0.39, 0.29) is 0 Å². The first-order chi connectivity index (χ1) is 8.85. The van der Waals surface area contributed by atoms with Crippen LogP contribution in [-0.4, -0.2) is 11.0 Å². The van der Waals surface area contributed by atoms with Crippen molar-refractivity contribution in [3.8, 4) is 0 Å². The van der Waals surface area contributed by atoms with Gasteiger partial charge in [-0.2, -0.15) is 0 Å². The van der Waals surface area contributed by atoms with Gasteiger partial charge < -0.3 is 10.3 Å². The standard InChI is InChI=1S/C16H22N2/c1-2-12-3-5-14(6-4-12)18-15-7-8-16-13(11-15)9-10-17-16/h7-12,14,17-18H,2-6H2,1H3. The summed E-state index contributed by atoms with van der Waals surface area (Å²) in [7, 11) is 0. The first kappa shape index (κ1) is 11.6. The molecule has 1 fully saturated rings. The van der Waals surface area contributed by atoms with E-state index >= 15 is 0 Å². The van der Waals surface area contributed by atoms with Crippen LogP contribution in [0.25, 0.3) is 10.9 Å². The summed E-state index contributed by atoms with van der Waals surface area (Å²) in [6, 6.07) is 9.40. The minimum Gasteiger partial charge on any atom is -0.382 e. The molecule has 0 spiro atoms. The Morgan fingerprint density at radius 2 is 2.00 bits per heavy atom. The van der Waals surface area contributed by atoms with Crippen molar-refractivity contribution < 1.29 is 0 Å². The fraction of sp³-hybridized carbons (Fsp3) is 0.500. The van der Waals surface area contributed by atoms with E-state index in [2.05, 4.69) is 41.5 Å². The van der Waals surface area contributed by atoms with E-state index < -0.39 is 0 Å². The largest absolute Gasteiger partial charge is 0.382 e. The number of H-pyrrole nitrogens is 1. The van der Waals surface area contributed by atoms with Gasteiger partial charge in [0.05, 0.1) is 0 Å². The predicted octanol–water partition coefficient (Wildman–Crippen LogP) is 4.55. The highest BCUT2D eigenvalue weighted by atomic mass is 14.9. The van der Waals surface area contributed by atoms with Crippen molar-refractivity contribution in [3.63, 3.8) is 0 Å². The Kier molecular flexibility index (Phi) is 3.26. The van der Waals surface area contributed by atoms with Crippen LogP contribution in [0.4, 0.5) is 5.69 Å². The molecule has 0 bridgehead atoms. The van der Waals surface area contributed by atoms with Crippen molar-refractivity contribution in [2.45, 2.75) is 45.1 Å². The van der Waals surface area contributed by atoms with Gasteiger partial charge in [-0.25, -0.2) is 0 Å². The van der Waals surface area contributed by atoms with Gasteiger partial charge in [0.25, 0.3) is 0 Å². The zero-order chi connectivity index (χ0) is 12.4. The van der Waals surface area contributed by atoms with E-state index in [0.717, 1.165) is 5.92 Å². The summed E-state index contributed by atoms with van der Waals surface area (Å²) in [6.45, 7) is 2.32. The lowest BCUT2D eigenvalue weighted by Gasteiger charge is -2.29.